The number of likely N-dealkylation sites (tertiary alicyclic amines) is 1. The lowest BCUT2D eigenvalue weighted by Gasteiger charge is -2.24. The van der Waals surface area contributed by atoms with Crippen LogP contribution in [0.3, 0.4) is 0 Å². The average Bonchev–Trinajstić information content (AvgIpc) is 3.28. The van der Waals surface area contributed by atoms with Gasteiger partial charge in [-0.2, -0.15) is 0 Å². The number of benzene rings is 1. The molecule has 2 aromatic heterocycles. The van der Waals surface area contributed by atoms with E-state index in [1.807, 2.05) is 30.0 Å². The summed E-state index contributed by atoms with van der Waals surface area (Å²) in [6, 6.07) is 8.96. The van der Waals surface area contributed by atoms with E-state index in [-0.39, 0.29) is 17.8 Å². The molecule has 0 radical (unpaired) electrons. The molecule has 166 valence electrons. The van der Waals surface area contributed by atoms with Crippen LogP contribution in [-0.4, -0.2) is 32.3 Å². The second-order valence-corrected chi connectivity index (χ2v) is 8.31. The summed E-state index contributed by atoms with van der Waals surface area (Å²) in [5.41, 5.74) is 3.52. The summed E-state index contributed by atoms with van der Waals surface area (Å²) in [6.45, 7) is 4.48. The molecule has 1 aliphatic heterocycles. The molecule has 32 heavy (non-hydrogen) atoms. The lowest BCUT2D eigenvalue weighted by molar-refractivity contribution is -0.132. The Hall–Kier alpha value is -3.35. The van der Waals surface area contributed by atoms with Gasteiger partial charge in [-0.15, -0.1) is 0 Å². The third kappa shape index (κ3) is 5.10. The molecule has 6 nitrogen and oxygen atoms in total. The fourth-order valence-electron chi connectivity index (χ4n) is 4.16. The van der Waals surface area contributed by atoms with Gasteiger partial charge in [0.1, 0.15) is 17.5 Å². The van der Waals surface area contributed by atoms with E-state index in [0.717, 1.165) is 54.9 Å². The average molecular weight is 434 g/mol. The molecule has 1 saturated heterocycles. The standard InChI is InChI=1S/C25H28FN5O/c1-17-6-4-12-28-25(17)30-23-16-27-15-21(29-23)22-8-5-13-31(22)24(32)9-3-7-19-10-11-20(26)18(2)14-19/h4,6,10-12,14-16,22H,3,5,7-9,13H2,1-2H3,(H,28,29,30). The molecule has 1 atom stereocenters. The number of halogens is 1. The fourth-order valence-corrected chi connectivity index (χ4v) is 4.16. The number of aromatic nitrogens is 3. The molecule has 0 spiro atoms. The van der Waals surface area contributed by atoms with Gasteiger partial charge in [-0.25, -0.2) is 14.4 Å². The quantitative estimate of drug-likeness (QED) is 0.564. The molecule has 1 N–H and O–H groups in total. The third-order valence-corrected chi connectivity index (χ3v) is 5.90. The molecule has 3 aromatic rings. The molecule has 0 bridgehead atoms. The van der Waals surface area contributed by atoms with Crippen LogP contribution in [0.4, 0.5) is 16.0 Å². The summed E-state index contributed by atoms with van der Waals surface area (Å²) >= 11 is 0. The van der Waals surface area contributed by atoms with Gasteiger partial charge in [-0.3, -0.25) is 9.78 Å². The number of pyridine rings is 1. The van der Waals surface area contributed by atoms with Crippen LogP contribution in [0.2, 0.25) is 0 Å². The molecule has 4 rings (SSSR count). The predicted molar refractivity (Wildman–Crippen MR) is 122 cm³/mol. The molecule has 0 aliphatic carbocycles. The Morgan fingerprint density at radius 3 is 2.91 bits per heavy atom. The molecule has 3 heterocycles. The van der Waals surface area contributed by atoms with E-state index < -0.39 is 0 Å². The molecule has 7 heteroatoms. The number of anilines is 2. The number of hydrogen-bond acceptors (Lipinski definition) is 5. The minimum absolute atomic E-state index is 0.0605. The van der Waals surface area contributed by atoms with E-state index in [4.69, 9.17) is 4.98 Å². The summed E-state index contributed by atoms with van der Waals surface area (Å²) in [7, 11) is 0. The number of nitrogens with zero attached hydrogens (tertiary/aromatic N) is 4. The van der Waals surface area contributed by atoms with E-state index in [1.165, 1.54) is 6.07 Å². The number of amides is 1. The Bertz CT molecular complexity index is 1100. The molecule has 0 saturated carbocycles. The zero-order chi connectivity index (χ0) is 22.5. The highest BCUT2D eigenvalue weighted by molar-refractivity contribution is 5.77. The van der Waals surface area contributed by atoms with Crippen LogP contribution in [-0.2, 0) is 11.2 Å². The van der Waals surface area contributed by atoms with Crippen molar-refractivity contribution in [2.24, 2.45) is 0 Å². The maximum atomic E-state index is 13.4. The van der Waals surface area contributed by atoms with Crippen molar-refractivity contribution in [3.8, 4) is 0 Å². The van der Waals surface area contributed by atoms with E-state index >= 15 is 0 Å². The van der Waals surface area contributed by atoms with Crippen molar-refractivity contribution in [1.82, 2.24) is 19.9 Å². The maximum absolute atomic E-state index is 13.4. The summed E-state index contributed by atoms with van der Waals surface area (Å²) in [5.74, 6) is 1.30. The Labute approximate surface area is 187 Å². The first kappa shape index (κ1) is 21.9. The second kappa shape index (κ2) is 9.85. The van der Waals surface area contributed by atoms with Gasteiger partial charge >= 0.3 is 0 Å². The highest BCUT2D eigenvalue weighted by atomic mass is 19.1. The number of rotatable bonds is 7. The van der Waals surface area contributed by atoms with E-state index in [0.29, 0.717) is 17.8 Å². The lowest BCUT2D eigenvalue weighted by atomic mass is 10.0. The second-order valence-electron chi connectivity index (χ2n) is 8.31. The van der Waals surface area contributed by atoms with Crippen molar-refractivity contribution in [1.29, 1.82) is 0 Å². The minimum atomic E-state index is -0.194. The van der Waals surface area contributed by atoms with Crippen LogP contribution in [0.25, 0.3) is 0 Å². The van der Waals surface area contributed by atoms with E-state index in [9.17, 15) is 9.18 Å². The monoisotopic (exact) mass is 433 g/mol. The first-order valence-corrected chi connectivity index (χ1v) is 11.1. The van der Waals surface area contributed by atoms with Crippen molar-refractivity contribution in [3.63, 3.8) is 0 Å². The van der Waals surface area contributed by atoms with Crippen molar-refractivity contribution in [3.05, 3.63) is 77.1 Å². The Morgan fingerprint density at radius 2 is 2.09 bits per heavy atom. The number of hydrogen-bond donors (Lipinski definition) is 1. The first-order valence-electron chi connectivity index (χ1n) is 11.1. The van der Waals surface area contributed by atoms with Crippen molar-refractivity contribution >= 4 is 17.5 Å². The SMILES string of the molecule is Cc1cc(CCCC(=O)N2CCCC2c2cncc(Nc3ncccc3C)n2)ccc1F. The van der Waals surface area contributed by atoms with Crippen LogP contribution in [0.15, 0.2) is 48.9 Å². The first-order chi connectivity index (χ1) is 15.5. The zero-order valence-electron chi connectivity index (χ0n) is 18.5. The topological polar surface area (TPSA) is 71.0 Å². The number of nitrogens with one attached hydrogen (secondary N) is 1. The molecular formula is C25H28FN5O. The Balaban J connectivity index is 1.39. The zero-order valence-corrected chi connectivity index (χ0v) is 18.5. The molecule has 1 unspecified atom stereocenters. The summed E-state index contributed by atoms with van der Waals surface area (Å²) in [6.07, 6.45) is 8.93. The van der Waals surface area contributed by atoms with Gasteiger partial charge in [0.2, 0.25) is 5.91 Å². The van der Waals surface area contributed by atoms with Gasteiger partial charge in [0, 0.05) is 19.2 Å². The van der Waals surface area contributed by atoms with Crippen molar-refractivity contribution in [2.45, 2.75) is 52.0 Å². The van der Waals surface area contributed by atoms with Crippen molar-refractivity contribution < 1.29 is 9.18 Å². The Kier molecular flexibility index (Phi) is 6.73. The molecular weight excluding hydrogens is 405 g/mol. The lowest BCUT2D eigenvalue weighted by Crippen LogP contribution is -2.31. The smallest absolute Gasteiger partial charge is 0.223 e. The summed E-state index contributed by atoms with van der Waals surface area (Å²) in [4.78, 5) is 28.3. The third-order valence-electron chi connectivity index (χ3n) is 5.90. The number of carbonyl (C=O) groups is 1. The van der Waals surface area contributed by atoms with E-state index in [2.05, 4.69) is 15.3 Å². The number of carbonyl (C=O) groups excluding carboxylic acids is 1. The highest BCUT2D eigenvalue weighted by Crippen LogP contribution is 2.32. The van der Waals surface area contributed by atoms with Gasteiger partial charge < -0.3 is 10.2 Å². The Morgan fingerprint density at radius 1 is 1.22 bits per heavy atom. The minimum Gasteiger partial charge on any atom is -0.334 e. The highest BCUT2D eigenvalue weighted by Gasteiger charge is 2.31. The van der Waals surface area contributed by atoms with Gasteiger partial charge in [0.15, 0.2) is 0 Å². The fraction of sp³-hybridized carbons (Fsp3) is 0.360. The largest absolute Gasteiger partial charge is 0.334 e. The van der Waals surface area contributed by atoms with Crippen molar-refractivity contribution in [2.75, 3.05) is 11.9 Å². The normalized spacial score (nSPS) is 15.7. The van der Waals surface area contributed by atoms with E-state index in [1.54, 1.807) is 31.6 Å². The summed E-state index contributed by atoms with van der Waals surface area (Å²) < 4.78 is 13.4. The molecule has 1 aliphatic rings. The van der Waals surface area contributed by atoms with Crippen LogP contribution >= 0.6 is 0 Å². The van der Waals surface area contributed by atoms with Gasteiger partial charge in [-0.1, -0.05) is 18.2 Å². The van der Waals surface area contributed by atoms with Crippen LogP contribution in [0, 0.1) is 19.7 Å². The van der Waals surface area contributed by atoms with Gasteiger partial charge in [0.05, 0.1) is 24.1 Å². The van der Waals surface area contributed by atoms with Crippen LogP contribution in [0.1, 0.15) is 54.1 Å². The van der Waals surface area contributed by atoms with Crippen LogP contribution in [0.5, 0.6) is 0 Å². The summed E-state index contributed by atoms with van der Waals surface area (Å²) in [5, 5.41) is 3.23. The molecule has 1 aromatic carbocycles. The van der Waals surface area contributed by atoms with Gasteiger partial charge in [0.25, 0.3) is 0 Å². The predicted octanol–water partition coefficient (Wildman–Crippen LogP) is 5.06. The molecule has 1 fully saturated rings. The number of aryl methyl sites for hydroxylation is 3. The van der Waals surface area contributed by atoms with Gasteiger partial charge in [-0.05, 0) is 68.4 Å². The molecule has 1 amide bonds. The maximum Gasteiger partial charge on any atom is 0.223 e. The van der Waals surface area contributed by atoms with Crippen LogP contribution < -0.4 is 5.32 Å².